The summed E-state index contributed by atoms with van der Waals surface area (Å²) in [6.07, 6.45) is 4.02. The van der Waals surface area contributed by atoms with Crippen LogP contribution < -0.4 is 16.0 Å². The van der Waals surface area contributed by atoms with Gasteiger partial charge in [-0.2, -0.15) is 0 Å². The average Bonchev–Trinajstić information content (AvgIpc) is 2.88. The molecule has 1 aliphatic rings. The highest BCUT2D eigenvalue weighted by atomic mass is 16.3. The van der Waals surface area contributed by atoms with Gasteiger partial charge in [0.1, 0.15) is 0 Å². The molecule has 0 aliphatic carbocycles. The fraction of sp³-hybridized carbons (Fsp3) is 0.455. The number of hydrogen-bond donors (Lipinski definition) is 3. The summed E-state index contributed by atoms with van der Waals surface area (Å²) in [4.78, 5) is 29.6. The number of carboxylic acid groups (broad SMARTS) is 1. The maximum atomic E-state index is 10.9. The molecular weight excluding hydrogens is 250 g/mol. The molecule has 1 fully saturated rings. The Kier molecular flexibility index (Phi) is 5.68. The molecule has 1 amide bonds. The summed E-state index contributed by atoms with van der Waals surface area (Å²) >= 11 is 0. The second-order valence-corrected chi connectivity index (χ2v) is 3.96. The van der Waals surface area contributed by atoms with Gasteiger partial charge in [-0.05, 0) is 13.5 Å². The number of nitrogens with two attached hydrogens (primary N) is 1. The molecule has 0 aromatic carbocycles. The highest BCUT2D eigenvalue weighted by Crippen LogP contribution is 2.15. The van der Waals surface area contributed by atoms with E-state index < -0.39 is 5.91 Å². The highest BCUT2D eigenvalue weighted by Gasteiger charge is 2.22. The van der Waals surface area contributed by atoms with Crippen LogP contribution in [-0.2, 0) is 4.79 Å². The number of carbonyl (C=O) groups is 2. The van der Waals surface area contributed by atoms with Gasteiger partial charge in [-0.25, -0.2) is 9.97 Å². The van der Waals surface area contributed by atoms with Crippen LogP contribution in [0.1, 0.15) is 16.8 Å². The first-order valence-electron chi connectivity index (χ1n) is 5.74. The van der Waals surface area contributed by atoms with Gasteiger partial charge in [-0.15, -0.1) is 0 Å². The van der Waals surface area contributed by atoms with Crippen LogP contribution in [0.2, 0.25) is 0 Å². The number of primary amides is 1. The predicted octanol–water partition coefficient (Wildman–Crippen LogP) is -0.926. The molecule has 1 aromatic rings. The molecule has 1 aliphatic heterocycles. The van der Waals surface area contributed by atoms with Crippen molar-refractivity contribution in [2.45, 2.75) is 12.5 Å². The van der Waals surface area contributed by atoms with E-state index in [1.165, 1.54) is 12.4 Å². The minimum absolute atomic E-state index is 0.250. The topological polar surface area (TPSA) is 121 Å². The maximum absolute atomic E-state index is 10.9. The van der Waals surface area contributed by atoms with E-state index in [2.05, 4.69) is 20.2 Å². The van der Waals surface area contributed by atoms with Gasteiger partial charge in [0.15, 0.2) is 0 Å². The highest BCUT2D eigenvalue weighted by molar-refractivity contribution is 5.92. The van der Waals surface area contributed by atoms with Crippen LogP contribution in [0.4, 0.5) is 5.95 Å². The van der Waals surface area contributed by atoms with Crippen molar-refractivity contribution in [1.29, 1.82) is 0 Å². The van der Waals surface area contributed by atoms with E-state index in [1.54, 1.807) is 0 Å². The third-order valence-corrected chi connectivity index (χ3v) is 2.80. The van der Waals surface area contributed by atoms with Crippen molar-refractivity contribution in [3.05, 3.63) is 18.0 Å². The molecule has 4 N–H and O–H groups in total. The summed E-state index contributed by atoms with van der Waals surface area (Å²) in [5.41, 5.74) is 5.46. The third-order valence-electron chi connectivity index (χ3n) is 2.80. The average molecular weight is 267 g/mol. The Morgan fingerprint density at radius 1 is 1.58 bits per heavy atom. The van der Waals surface area contributed by atoms with Gasteiger partial charge < -0.3 is 21.1 Å². The van der Waals surface area contributed by atoms with Crippen molar-refractivity contribution in [2.24, 2.45) is 5.73 Å². The lowest BCUT2D eigenvalue weighted by molar-refractivity contribution is -0.122. The standard InChI is InChI=1S/C10H15N5O.CH2O2/c1-12-8-2-3-15(6-8)10-13-4-7(5-14-10)9(11)16;2-1-3/h4-5,8,12H,2-3,6H2,1H3,(H2,11,16);1H,(H,2,3). The summed E-state index contributed by atoms with van der Waals surface area (Å²) in [6.45, 7) is 1.58. The van der Waals surface area contributed by atoms with E-state index in [9.17, 15) is 4.79 Å². The number of aromatic nitrogens is 2. The fourth-order valence-corrected chi connectivity index (χ4v) is 1.79. The van der Waals surface area contributed by atoms with E-state index in [0.29, 0.717) is 17.6 Å². The smallest absolute Gasteiger partial charge is 0.290 e. The van der Waals surface area contributed by atoms with Crippen molar-refractivity contribution in [3.8, 4) is 0 Å². The summed E-state index contributed by atoms with van der Waals surface area (Å²) in [7, 11) is 1.95. The van der Waals surface area contributed by atoms with Gasteiger partial charge in [0.05, 0.1) is 5.56 Å². The molecule has 1 unspecified atom stereocenters. The first kappa shape index (κ1) is 14.8. The van der Waals surface area contributed by atoms with Gasteiger partial charge >= 0.3 is 0 Å². The first-order chi connectivity index (χ1) is 9.12. The van der Waals surface area contributed by atoms with E-state index in [0.717, 1.165) is 19.5 Å². The number of hydrogen-bond acceptors (Lipinski definition) is 6. The number of amides is 1. The van der Waals surface area contributed by atoms with E-state index in [4.69, 9.17) is 15.6 Å². The quantitative estimate of drug-likeness (QED) is 0.605. The first-order valence-corrected chi connectivity index (χ1v) is 5.74. The molecule has 8 nitrogen and oxygen atoms in total. The van der Waals surface area contributed by atoms with E-state index in [-0.39, 0.29) is 6.47 Å². The number of nitrogens with zero attached hydrogens (tertiary/aromatic N) is 3. The lowest BCUT2D eigenvalue weighted by atomic mass is 10.3. The molecule has 0 bridgehead atoms. The fourth-order valence-electron chi connectivity index (χ4n) is 1.79. The maximum Gasteiger partial charge on any atom is 0.290 e. The Balaban J connectivity index is 0.000000550. The molecule has 0 spiro atoms. The SMILES string of the molecule is CNC1CCN(c2ncc(C(N)=O)cn2)C1.O=CO. The molecule has 2 heterocycles. The zero-order chi connectivity index (χ0) is 14.3. The van der Waals surface area contributed by atoms with Gasteiger partial charge in [0.2, 0.25) is 5.95 Å². The second kappa shape index (κ2) is 7.27. The van der Waals surface area contributed by atoms with Crippen molar-refractivity contribution >= 4 is 18.3 Å². The van der Waals surface area contributed by atoms with Crippen LogP contribution in [0.3, 0.4) is 0 Å². The summed E-state index contributed by atoms with van der Waals surface area (Å²) < 4.78 is 0. The largest absolute Gasteiger partial charge is 0.483 e. The number of nitrogens with one attached hydrogen (secondary N) is 1. The Hall–Kier alpha value is -2.22. The monoisotopic (exact) mass is 267 g/mol. The van der Waals surface area contributed by atoms with Crippen LogP contribution in [0.25, 0.3) is 0 Å². The van der Waals surface area contributed by atoms with E-state index in [1.807, 2.05) is 7.05 Å². The minimum Gasteiger partial charge on any atom is -0.483 e. The molecule has 8 heteroatoms. The normalized spacial score (nSPS) is 17.5. The summed E-state index contributed by atoms with van der Waals surface area (Å²) in [5, 5.41) is 10.1. The Morgan fingerprint density at radius 3 is 2.58 bits per heavy atom. The van der Waals surface area contributed by atoms with Crippen molar-refractivity contribution < 1.29 is 14.7 Å². The van der Waals surface area contributed by atoms with Crippen LogP contribution in [0, 0.1) is 0 Å². The zero-order valence-corrected chi connectivity index (χ0v) is 10.6. The lowest BCUT2D eigenvalue weighted by Crippen LogP contribution is -2.30. The van der Waals surface area contributed by atoms with Gasteiger partial charge in [0, 0.05) is 31.5 Å². The molecule has 104 valence electrons. The summed E-state index contributed by atoms with van der Waals surface area (Å²) in [5.74, 6) is 0.156. The van der Waals surface area contributed by atoms with Crippen LogP contribution >= 0.6 is 0 Å². The number of likely N-dealkylation sites (N-methyl/N-ethyl adjacent to an activating group) is 1. The van der Waals surface area contributed by atoms with Crippen LogP contribution in [-0.4, -0.2) is 53.6 Å². The predicted molar refractivity (Wildman–Crippen MR) is 68.9 cm³/mol. The third kappa shape index (κ3) is 4.18. The molecule has 1 atom stereocenters. The van der Waals surface area contributed by atoms with Crippen LogP contribution in [0.15, 0.2) is 12.4 Å². The van der Waals surface area contributed by atoms with Crippen molar-refractivity contribution in [3.63, 3.8) is 0 Å². The molecule has 0 radical (unpaired) electrons. The Bertz CT molecular complexity index is 423. The Labute approximate surface area is 110 Å². The van der Waals surface area contributed by atoms with Gasteiger partial charge in [-0.3, -0.25) is 9.59 Å². The van der Waals surface area contributed by atoms with Gasteiger partial charge in [0.25, 0.3) is 12.4 Å². The molecule has 2 rings (SSSR count). The van der Waals surface area contributed by atoms with Crippen molar-refractivity contribution in [2.75, 3.05) is 25.0 Å². The minimum atomic E-state index is -0.499. The van der Waals surface area contributed by atoms with Crippen molar-refractivity contribution in [1.82, 2.24) is 15.3 Å². The molecule has 1 saturated heterocycles. The Morgan fingerprint density at radius 2 is 2.16 bits per heavy atom. The van der Waals surface area contributed by atoms with Crippen LogP contribution in [0.5, 0.6) is 0 Å². The number of rotatable bonds is 3. The molecule has 1 aromatic heterocycles. The summed E-state index contributed by atoms with van der Waals surface area (Å²) in [6, 6.07) is 0.486. The van der Waals surface area contributed by atoms with Gasteiger partial charge in [-0.1, -0.05) is 0 Å². The lowest BCUT2D eigenvalue weighted by Gasteiger charge is -2.15. The second-order valence-electron chi connectivity index (χ2n) is 3.96. The number of anilines is 1. The molecular formula is C11H17N5O3. The number of carbonyl (C=O) groups excluding carboxylic acids is 1. The van der Waals surface area contributed by atoms with E-state index >= 15 is 0 Å². The zero-order valence-electron chi connectivity index (χ0n) is 10.6. The molecule has 0 saturated carbocycles. The molecule has 19 heavy (non-hydrogen) atoms.